The quantitative estimate of drug-likeness (QED) is 0.860. The predicted octanol–water partition coefficient (Wildman–Crippen LogP) is 1.68. The highest BCUT2D eigenvalue weighted by molar-refractivity contribution is 5.68. The zero-order chi connectivity index (χ0) is 13.7. The van der Waals surface area contributed by atoms with Gasteiger partial charge in [0.15, 0.2) is 5.82 Å². The van der Waals surface area contributed by atoms with Crippen molar-refractivity contribution in [3.63, 3.8) is 0 Å². The topological polar surface area (TPSA) is 78.0 Å². The smallest absolute Gasteiger partial charge is 0.150 e. The number of pyridine rings is 1. The summed E-state index contributed by atoms with van der Waals surface area (Å²) >= 11 is 0. The standard InChI is InChI=1S/C14H21N5/c1-11-3-7-19(8-4-11)9-6-18-14-13(16)12(10-15)2-5-17-14/h2,5,11H,3-4,6-9,16H2,1H3,(H,17,18). The van der Waals surface area contributed by atoms with E-state index >= 15 is 0 Å². The first-order valence-electron chi connectivity index (χ1n) is 6.81. The van der Waals surface area contributed by atoms with Gasteiger partial charge in [-0.2, -0.15) is 5.26 Å². The summed E-state index contributed by atoms with van der Waals surface area (Å²) in [5, 5.41) is 12.1. The minimum absolute atomic E-state index is 0.442. The molecule has 0 radical (unpaired) electrons. The summed E-state index contributed by atoms with van der Waals surface area (Å²) < 4.78 is 0. The molecule has 2 heterocycles. The van der Waals surface area contributed by atoms with E-state index in [9.17, 15) is 0 Å². The Bertz CT molecular complexity index is 457. The van der Waals surface area contributed by atoms with Crippen molar-refractivity contribution in [2.75, 3.05) is 37.2 Å². The minimum Gasteiger partial charge on any atom is -0.395 e. The molecule has 0 saturated carbocycles. The van der Waals surface area contributed by atoms with E-state index in [1.165, 1.54) is 25.9 Å². The molecule has 1 aliphatic heterocycles. The van der Waals surface area contributed by atoms with Gasteiger partial charge in [-0.15, -0.1) is 0 Å². The summed E-state index contributed by atoms with van der Waals surface area (Å²) in [6, 6.07) is 3.70. The average Bonchev–Trinajstić information content (AvgIpc) is 2.43. The van der Waals surface area contributed by atoms with Gasteiger partial charge in [-0.25, -0.2) is 4.98 Å². The van der Waals surface area contributed by atoms with Crippen LogP contribution in [-0.2, 0) is 0 Å². The molecule has 1 aromatic rings. The number of rotatable bonds is 4. The van der Waals surface area contributed by atoms with E-state index in [4.69, 9.17) is 11.0 Å². The number of hydrogen-bond acceptors (Lipinski definition) is 5. The summed E-state index contributed by atoms with van der Waals surface area (Å²) in [6.07, 6.45) is 4.18. The molecule has 1 aromatic heterocycles. The van der Waals surface area contributed by atoms with Crippen LogP contribution in [0.5, 0.6) is 0 Å². The van der Waals surface area contributed by atoms with Crippen LogP contribution >= 0.6 is 0 Å². The van der Waals surface area contributed by atoms with Gasteiger partial charge in [0.1, 0.15) is 6.07 Å². The monoisotopic (exact) mass is 259 g/mol. The third-order valence-corrected chi connectivity index (χ3v) is 3.71. The van der Waals surface area contributed by atoms with Crippen molar-refractivity contribution in [2.45, 2.75) is 19.8 Å². The van der Waals surface area contributed by atoms with Crippen LogP contribution in [0, 0.1) is 17.2 Å². The maximum absolute atomic E-state index is 8.90. The van der Waals surface area contributed by atoms with Crippen molar-refractivity contribution >= 4 is 11.5 Å². The molecule has 1 aliphatic rings. The summed E-state index contributed by atoms with van der Waals surface area (Å²) in [7, 11) is 0. The number of nitrogen functional groups attached to an aromatic ring is 1. The molecule has 0 amide bonds. The lowest BCUT2D eigenvalue weighted by molar-refractivity contribution is 0.199. The number of nitrogens with two attached hydrogens (primary N) is 1. The second kappa shape index (κ2) is 6.39. The number of likely N-dealkylation sites (tertiary alicyclic amines) is 1. The molecule has 0 unspecified atom stereocenters. The van der Waals surface area contributed by atoms with Crippen molar-refractivity contribution in [1.29, 1.82) is 5.26 Å². The first-order chi connectivity index (χ1) is 9.20. The number of piperidine rings is 1. The maximum atomic E-state index is 8.90. The van der Waals surface area contributed by atoms with E-state index in [-0.39, 0.29) is 0 Å². The molecule has 5 nitrogen and oxygen atoms in total. The molecule has 5 heteroatoms. The molecule has 1 saturated heterocycles. The minimum atomic E-state index is 0.442. The SMILES string of the molecule is CC1CCN(CCNc2nccc(C#N)c2N)CC1. The van der Waals surface area contributed by atoms with Crippen molar-refractivity contribution in [1.82, 2.24) is 9.88 Å². The Morgan fingerprint density at radius 2 is 2.26 bits per heavy atom. The molecule has 0 bridgehead atoms. The van der Waals surface area contributed by atoms with Gasteiger partial charge in [0.05, 0.1) is 11.3 Å². The van der Waals surface area contributed by atoms with E-state index < -0.39 is 0 Å². The maximum Gasteiger partial charge on any atom is 0.150 e. The van der Waals surface area contributed by atoms with Gasteiger partial charge in [-0.05, 0) is 37.9 Å². The van der Waals surface area contributed by atoms with Crippen LogP contribution in [0.3, 0.4) is 0 Å². The molecular weight excluding hydrogens is 238 g/mol. The highest BCUT2D eigenvalue weighted by atomic mass is 15.1. The lowest BCUT2D eigenvalue weighted by Gasteiger charge is -2.30. The van der Waals surface area contributed by atoms with Gasteiger partial charge < -0.3 is 16.0 Å². The van der Waals surface area contributed by atoms with Crippen molar-refractivity contribution < 1.29 is 0 Å². The molecule has 2 rings (SSSR count). The van der Waals surface area contributed by atoms with Crippen molar-refractivity contribution in [3.8, 4) is 6.07 Å². The number of nitrogens with zero attached hydrogens (tertiary/aromatic N) is 3. The third-order valence-electron chi connectivity index (χ3n) is 3.71. The molecule has 0 spiro atoms. The van der Waals surface area contributed by atoms with Crippen LogP contribution in [0.2, 0.25) is 0 Å². The first-order valence-corrected chi connectivity index (χ1v) is 6.81. The van der Waals surface area contributed by atoms with Crippen LogP contribution < -0.4 is 11.1 Å². The number of aromatic nitrogens is 1. The highest BCUT2D eigenvalue weighted by Crippen LogP contribution is 2.19. The fourth-order valence-electron chi connectivity index (χ4n) is 2.33. The fraction of sp³-hybridized carbons (Fsp3) is 0.571. The molecular formula is C14H21N5. The molecule has 0 atom stereocenters. The van der Waals surface area contributed by atoms with Gasteiger partial charge in [0, 0.05) is 19.3 Å². The second-order valence-electron chi connectivity index (χ2n) is 5.18. The fourth-order valence-corrected chi connectivity index (χ4v) is 2.33. The first kappa shape index (κ1) is 13.6. The molecule has 0 aromatic carbocycles. The second-order valence-corrected chi connectivity index (χ2v) is 5.18. The number of anilines is 2. The Hall–Kier alpha value is -1.80. The van der Waals surface area contributed by atoms with Gasteiger partial charge in [-0.1, -0.05) is 6.92 Å². The van der Waals surface area contributed by atoms with Crippen molar-refractivity contribution in [3.05, 3.63) is 17.8 Å². The third kappa shape index (κ3) is 3.58. The Labute approximate surface area is 114 Å². The largest absolute Gasteiger partial charge is 0.395 e. The Balaban J connectivity index is 1.81. The lowest BCUT2D eigenvalue weighted by atomic mass is 9.99. The zero-order valence-corrected chi connectivity index (χ0v) is 11.4. The van der Waals surface area contributed by atoms with Crippen LogP contribution in [0.25, 0.3) is 0 Å². The molecule has 19 heavy (non-hydrogen) atoms. The van der Waals surface area contributed by atoms with E-state index in [2.05, 4.69) is 28.2 Å². The summed E-state index contributed by atoms with van der Waals surface area (Å²) in [5.41, 5.74) is 6.79. The summed E-state index contributed by atoms with van der Waals surface area (Å²) in [5.74, 6) is 1.47. The van der Waals surface area contributed by atoms with E-state index in [1.807, 2.05) is 0 Å². The molecule has 102 valence electrons. The van der Waals surface area contributed by atoms with Crippen LogP contribution in [0.4, 0.5) is 11.5 Å². The van der Waals surface area contributed by atoms with Gasteiger partial charge in [-0.3, -0.25) is 0 Å². The van der Waals surface area contributed by atoms with Crippen molar-refractivity contribution in [2.24, 2.45) is 5.92 Å². The number of nitriles is 1. The molecule has 3 N–H and O–H groups in total. The van der Waals surface area contributed by atoms with E-state index in [0.29, 0.717) is 17.1 Å². The molecule has 1 fully saturated rings. The van der Waals surface area contributed by atoms with E-state index in [1.54, 1.807) is 12.3 Å². The average molecular weight is 259 g/mol. The van der Waals surface area contributed by atoms with Crippen LogP contribution in [0.1, 0.15) is 25.3 Å². The zero-order valence-electron chi connectivity index (χ0n) is 11.4. The van der Waals surface area contributed by atoms with Gasteiger partial charge >= 0.3 is 0 Å². The van der Waals surface area contributed by atoms with Gasteiger partial charge in [0.2, 0.25) is 0 Å². The number of hydrogen-bond donors (Lipinski definition) is 2. The van der Waals surface area contributed by atoms with Gasteiger partial charge in [0.25, 0.3) is 0 Å². The molecule has 0 aliphatic carbocycles. The predicted molar refractivity (Wildman–Crippen MR) is 76.7 cm³/mol. The normalized spacial score (nSPS) is 17.1. The highest BCUT2D eigenvalue weighted by Gasteiger charge is 2.15. The van der Waals surface area contributed by atoms with Crippen LogP contribution in [0.15, 0.2) is 12.3 Å². The van der Waals surface area contributed by atoms with E-state index in [0.717, 1.165) is 19.0 Å². The Morgan fingerprint density at radius 1 is 1.53 bits per heavy atom. The summed E-state index contributed by atoms with van der Waals surface area (Å²) in [6.45, 7) is 6.45. The Kier molecular flexibility index (Phi) is 4.58. The Morgan fingerprint density at radius 3 is 2.95 bits per heavy atom. The summed E-state index contributed by atoms with van der Waals surface area (Å²) in [4.78, 5) is 6.63. The lowest BCUT2D eigenvalue weighted by Crippen LogP contribution is -2.36. The number of nitrogens with one attached hydrogen (secondary N) is 1. The van der Waals surface area contributed by atoms with Crippen LogP contribution in [-0.4, -0.2) is 36.1 Å².